The Morgan fingerprint density at radius 2 is 1.12 bits per heavy atom. The first-order valence-electron chi connectivity index (χ1n) is 5.33. The molecule has 0 heterocycles. The summed E-state index contributed by atoms with van der Waals surface area (Å²) in [4.78, 5) is 0. The summed E-state index contributed by atoms with van der Waals surface area (Å²) >= 11 is 2.28. The van der Waals surface area contributed by atoms with Gasteiger partial charge in [0.25, 0.3) is 0 Å². The highest BCUT2D eigenvalue weighted by Gasteiger charge is 2.32. The molecular formula is C13H13IO2Si. The van der Waals surface area contributed by atoms with E-state index < -0.39 is 6.06 Å². The summed E-state index contributed by atoms with van der Waals surface area (Å²) in [5.41, 5.74) is 0. The molecule has 0 aromatic heterocycles. The predicted octanol–water partition coefficient (Wildman–Crippen LogP) is 4.15. The van der Waals surface area contributed by atoms with E-state index in [0.29, 0.717) is 0 Å². The average molecular weight is 356 g/mol. The van der Waals surface area contributed by atoms with Crippen LogP contribution in [0.5, 0.6) is 11.5 Å². The molecule has 0 aliphatic rings. The molecule has 2 rings (SSSR count). The Kier molecular flexibility index (Phi) is 4.06. The van der Waals surface area contributed by atoms with E-state index in [1.807, 2.05) is 67.2 Å². The number of hydrogen-bond acceptors (Lipinski definition) is 2. The molecule has 0 atom stereocenters. The predicted molar refractivity (Wildman–Crippen MR) is 79.8 cm³/mol. The quantitative estimate of drug-likeness (QED) is 0.466. The molecule has 2 aromatic rings. The van der Waals surface area contributed by atoms with Crippen LogP contribution < -0.4 is 8.85 Å². The van der Waals surface area contributed by atoms with Crippen molar-refractivity contribution < 1.29 is 8.85 Å². The van der Waals surface area contributed by atoms with Crippen LogP contribution in [-0.2, 0) is 0 Å². The first-order valence-corrected chi connectivity index (χ1v) is 10.8. The number of rotatable bonds is 4. The van der Waals surface area contributed by atoms with Crippen LogP contribution in [0.15, 0.2) is 60.7 Å². The maximum Gasteiger partial charge on any atom is 0.526 e. The van der Waals surface area contributed by atoms with Crippen LogP contribution in [0.2, 0.25) is 6.55 Å². The minimum absolute atomic E-state index is 0.854. The molecule has 88 valence electrons. The molecule has 4 heteroatoms. The molecule has 2 aromatic carbocycles. The van der Waals surface area contributed by atoms with Crippen LogP contribution in [0.3, 0.4) is 0 Å². The lowest BCUT2D eigenvalue weighted by atomic mass is 10.3. The maximum absolute atomic E-state index is 5.91. The van der Waals surface area contributed by atoms with E-state index in [2.05, 4.69) is 21.8 Å². The van der Waals surface area contributed by atoms with Gasteiger partial charge in [0.15, 0.2) is 0 Å². The van der Waals surface area contributed by atoms with Gasteiger partial charge in [0.1, 0.15) is 11.5 Å². The normalized spacial score (nSPS) is 10.9. The van der Waals surface area contributed by atoms with Gasteiger partial charge >= 0.3 is 6.06 Å². The van der Waals surface area contributed by atoms with Crippen molar-refractivity contribution in [3.05, 3.63) is 60.7 Å². The molecule has 0 amide bonds. The van der Waals surface area contributed by atoms with E-state index in [1.54, 1.807) is 0 Å². The van der Waals surface area contributed by atoms with Gasteiger partial charge in [-0.25, -0.2) is 0 Å². The van der Waals surface area contributed by atoms with Crippen LogP contribution in [0.25, 0.3) is 0 Å². The average Bonchev–Trinajstić information content (AvgIpc) is 2.30. The molecule has 0 fully saturated rings. The Labute approximate surface area is 115 Å². The van der Waals surface area contributed by atoms with Crippen molar-refractivity contribution in [2.24, 2.45) is 0 Å². The highest BCUT2D eigenvalue weighted by atomic mass is 127. The minimum atomic E-state index is -2.21. The van der Waals surface area contributed by atoms with Gasteiger partial charge in [0.2, 0.25) is 0 Å². The highest BCUT2D eigenvalue weighted by molar-refractivity contribution is 14.1. The van der Waals surface area contributed by atoms with Crippen molar-refractivity contribution in [3.63, 3.8) is 0 Å². The molecule has 0 saturated carbocycles. The van der Waals surface area contributed by atoms with Crippen molar-refractivity contribution >= 4 is 27.9 Å². The summed E-state index contributed by atoms with van der Waals surface area (Å²) in [5, 5.41) is 0. The minimum Gasteiger partial charge on any atom is -0.505 e. The van der Waals surface area contributed by atoms with E-state index in [4.69, 9.17) is 8.85 Å². The smallest absolute Gasteiger partial charge is 0.505 e. The van der Waals surface area contributed by atoms with Gasteiger partial charge < -0.3 is 8.85 Å². The molecule has 0 radical (unpaired) electrons. The second-order valence-corrected chi connectivity index (χ2v) is 11.6. The van der Waals surface area contributed by atoms with Crippen LogP contribution in [0.1, 0.15) is 0 Å². The third kappa shape index (κ3) is 4.05. The summed E-state index contributed by atoms with van der Waals surface area (Å²) in [6.45, 7) is 2.02. The van der Waals surface area contributed by atoms with Gasteiger partial charge in [0, 0.05) is 6.55 Å². The Hall–Kier alpha value is -1.01. The van der Waals surface area contributed by atoms with Crippen molar-refractivity contribution in [1.82, 2.24) is 0 Å². The van der Waals surface area contributed by atoms with Crippen LogP contribution in [0.4, 0.5) is 0 Å². The molecule has 0 N–H and O–H groups in total. The zero-order valence-electron chi connectivity index (χ0n) is 9.47. The Bertz CT molecular complexity index is 416. The lowest BCUT2D eigenvalue weighted by molar-refractivity contribution is 0.426. The first kappa shape index (κ1) is 12.4. The summed E-state index contributed by atoms with van der Waals surface area (Å²) in [6, 6.07) is 17.3. The van der Waals surface area contributed by atoms with E-state index >= 15 is 0 Å². The Balaban J connectivity index is 2.04. The fourth-order valence-electron chi connectivity index (χ4n) is 1.42. The third-order valence-corrected chi connectivity index (χ3v) is 4.61. The summed E-state index contributed by atoms with van der Waals surface area (Å²) < 4.78 is 11.8. The number of hydrogen-bond donors (Lipinski definition) is 0. The summed E-state index contributed by atoms with van der Waals surface area (Å²) in [7, 11) is 0. The second kappa shape index (κ2) is 5.55. The highest BCUT2D eigenvalue weighted by Crippen LogP contribution is 2.24. The van der Waals surface area contributed by atoms with Gasteiger partial charge in [-0.15, -0.1) is 0 Å². The maximum atomic E-state index is 5.91. The number of halogens is 1. The molecular weight excluding hydrogens is 343 g/mol. The number of benzene rings is 2. The SMILES string of the molecule is C[Si](I)(Oc1ccccc1)Oc1ccccc1. The van der Waals surface area contributed by atoms with Gasteiger partial charge in [-0.2, -0.15) is 0 Å². The van der Waals surface area contributed by atoms with E-state index in [1.165, 1.54) is 0 Å². The van der Waals surface area contributed by atoms with Crippen LogP contribution >= 0.6 is 21.8 Å². The zero-order valence-corrected chi connectivity index (χ0v) is 12.6. The fourth-order valence-corrected chi connectivity index (χ4v) is 4.10. The van der Waals surface area contributed by atoms with Gasteiger partial charge in [0.05, 0.1) is 0 Å². The van der Waals surface area contributed by atoms with E-state index in [0.717, 1.165) is 11.5 Å². The van der Waals surface area contributed by atoms with Crippen molar-refractivity contribution in [2.75, 3.05) is 0 Å². The largest absolute Gasteiger partial charge is 0.526 e. The molecule has 0 bridgehead atoms. The van der Waals surface area contributed by atoms with Crippen molar-refractivity contribution in [1.29, 1.82) is 0 Å². The third-order valence-electron chi connectivity index (χ3n) is 2.09. The molecule has 0 spiro atoms. The van der Waals surface area contributed by atoms with Crippen molar-refractivity contribution in [3.8, 4) is 11.5 Å². The molecule has 2 nitrogen and oxygen atoms in total. The zero-order chi connectivity index (χ0) is 12.1. The molecule has 0 saturated heterocycles. The second-order valence-electron chi connectivity index (χ2n) is 3.67. The van der Waals surface area contributed by atoms with Crippen LogP contribution in [-0.4, -0.2) is 6.06 Å². The Morgan fingerprint density at radius 3 is 1.47 bits per heavy atom. The lowest BCUT2D eigenvalue weighted by Gasteiger charge is -2.22. The topological polar surface area (TPSA) is 18.5 Å². The van der Waals surface area contributed by atoms with Crippen LogP contribution in [0, 0.1) is 0 Å². The van der Waals surface area contributed by atoms with Gasteiger partial charge in [-0.1, -0.05) is 36.4 Å². The standard InChI is InChI=1S/C13H13IO2Si/c1-17(14,15-12-8-4-2-5-9-12)16-13-10-6-3-7-11-13/h2-11H,1H3. The number of para-hydroxylation sites is 2. The van der Waals surface area contributed by atoms with Crippen molar-refractivity contribution in [2.45, 2.75) is 6.55 Å². The summed E-state index contributed by atoms with van der Waals surface area (Å²) in [5.74, 6) is 1.71. The molecule has 0 aliphatic carbocycles. The Morgan fingerprint density at radius 1 is 0.765 bits per heavy atom. The first-order chi connectivity index (χ1) is 8.16. The van der Waals surface area contributed by atoms with E-state index in [9.17, 15) is 0 Å². The van der Waals surface area contributed by atoms with Gasteiger partial charge in [-0.05, 0) is 46.1 Å². The molecule has 0 aliphatic heterocycles. The summed E-state index contributed by atoms with van der Waals surface area (Å²) in [6.07, 6.45) is 0. The fraction of sp³-hybridized carbons (Fsp3) is 0.0769. The van der Waals surface area contributed by atoms with E-state index in [-0.39, 0.29) is 0 Å². The monoisotopic (exact) mass is 356 g/mol. The molecule has 17 heavy (non-hydrogen) atoms. The van der Waals surface area contributed by atoms with Gasteiger partial charge in [-0.3, -0.25) is 0 Å². The lowest BCUT2D eigenvalue weighted by Crippen LogP contribution is -2.38. The molecule has 0 unspecified atom stereocenters.